The summed E-state index contributed by atoms with van der Waals surface area (Å²) in [5, 5.41) is 13.8. The zero-order valence-corrected chi connectivity index (χ0v) is 10.7. The minimum atomic E-state index is -0.225. The van der Waals surface area contributed by atoms with Crippen LogP contribution in [0.25, 0.3) is 11.3 Å². The Hall–Kier alpha value is -2.69. The van der Waals surface area contributed by atoms with Crippen molar-refractivity contribution in [3.8, 4) is 11.3 Å². The van der Waals surface area contributed by atoms with E-state index in [0.29, 0.717) is 6.54 Å². The smallest absolute Gasteiger partial charge is 0.123 e. The van der Waals surface area contributed by atoms with Gasteiger partial charge in [-0.1, -0.05) is 30.3 Å². The molecule has 0 aliphatic heterocycles. The molecule has 0 fully saturated rings. The fourth-order valence-corrected chi connectivity index (χ4v) is 1.99. The van der Waals surface area contributed by atoms with Crippen LogP contribution in [-0.2, 0) is 6.54 Å². The van der Waals surface area contributed by atoms with E-state index in [1.54, 1.807) is 18.3 Å². The lowest BCUT2D eigenvalue weighted by atomic mass is 10.1. The van der Waals surface area contributed by atoms with Gasteiger partial charge in [-0.05, 0) is 23.8 Å². The lowest BCUT2D eigenvalue weighted by Crippen LogP contribution is -2.01. The third-order valence-electron chi connectivity index (χ3n) is 3.01. The maximum absolute atomic E-state index is 12.9. The van der Waals surface area contributed by atoms with Crippen molar-refractivity contribution in [2.75, 3.05) is 5.32 Å². The van der Waals surface area contributed by atoms with E-state index in [9.17, 15) is 4.39 Å². The summed E-state index contributed by atoms with van der Waals surface area (Å²) in [4.78, 5) is 0. The van der Waals surface area contributed by atoms with E-state index in [4.69, 9.17) is 0 Å². The molecule has 0 atom stereocenters. The Kier molecular flexibility index (Phi) is 3.41. The molecule has 0 radical (unpaired) electrons. The van der Waals surface area contributed by atoms with E-state index in [1.165, 1.54) is 12.1 Å². The molecule has 0 bridgehead atoms. The Bertz CT molecular complexity index is 677. The van der Waals surface area contributed by atoms with Crippen LogP contribution in [0.15, 0.2) is 54.7 Å². The molecule has 20 heavy (non-hydrogen) atoms. The van der Waals surface area contributed by atoms with Crippen LogP contribution in [0.3, 0.4) is 0 Å². The van der Waals surface area contributed by atoms with Gasteiger partial charge in [-0.2, -0.15) is 15.4 Å². The van der Waals surface area contributed by atoms with Crippen LogP contribution in [0.2, 0.25) is 0 Å². The number of hydrogen-bond acceptors (Lipinski definition) is 3. The molecule has 4 nitrogen and oxygen atoms in total. The zero-order chi connectivity index (χ0) is 13.8. The van der Waals surface area contributed by atoms with Crippen LogP contribution in [0.5, 0.6) is 0 Å². The highest BCUT2D eigenvalue weighted by atomic mass is 19.1. The van der Waals surface area contributed by atoms with Gasteiger partial charge in [0.1, 0.15) is 11.5 Å². The number of halogens is 1. The predicted molar refractivity (Wildman–Crippen MR) is 75.5 cm³/mol. The van der Waals surface area contributed by atoms with Gasteiger partial charge < -0.3 is 5.32 Å². The molecule has 1 aromatic heterocycles. The first kappa shape index (κ1) is 12.3. The molecule has 0 saturated carbocycles. The van der Waals surface area contributed by atoms with Gasteiger partial charge >= 0.3 is 0 Å². The largest absolute Gasteiger partial charge is 0.380 e. The lowest BCUT2D eigenvalue weighted by Gasteiger charge is -2.10. The summed E-state index contributed by atoms with van der Waals surface area (Å²) in [7, 11) is 0. The second-order valence-electron chi connectivity index (χ2n) is 4.38. The maximum Gasteiger partial charge on any atom is 0.123 e. The first-order valence-corrected chi connectivity index (χ1v) is 6.26. The number of aromatic amines is 1. The van der Waals surface area contributed by atoms with Gasteiger partial charge in [0.2, 0.25) is 0 Å². The zero-order valence-electron chi connectivity index (χ0n) is 10.7. The summed E-state index contributed by atoms with van der Waals surface area (Å²) in [5.41, 5.74) is 3.74. The van der Waals surface area contributed by atoms with Crippen LogP contribution in [0, 0.1) is 5.82 Å². The van der Waals surface area contributed by atoms with Crippen LogP contribution >= 0.6 is 0 Å². The molecule has 2 aromatic carbocycles. The molecule has 3 rings (SSSR count). The first-order chi connectivity index (χ1) is 9.83. The molecule has 0 aliphatic carbocycles. The maximum atomic E-state index is 12.9. The fourth-order valence-electron chi connectivity index (χ4n) is 1.99. The highest BCUT2D eigenvalue weighted by Gasteiger charge is 2.06. The Morgan fingerprint density at radius 2 is 1.85 bits per heavy atom. The number of H-pyrrole nitrogens is 1. The van der Waals surface area contributed by atoms with Crippen molar-refractivity contribution in [1.29, 1.82) is 0 Å². The molecule has 1 heterocycles. The Morgan fingerprint density at radius 3 is 2.60 bits per heavy atom. The molecule has 5 heteroatoms. The molecule has 0 aliphatic rings. The Morgan fingerprint density at radius 1 is 1.05 bits per heavy atom. The average Bonchev–Trinajstić information content (AvgIpc) is 3.01. The van der Waals surface area contributed by atoms with Crippen LogP contribution < -0.4 is 5.32 Å². The first-order valence-electron chi connectivity index (χ1n) is 6.26. The van der Waals surface area contributed by atoms with Gasteiger partial charge in [0, 0.05) is 17.8 Å². The number of nitrogens with zero attached hydrogens (tertiary/aromatic N) is 2. The molecule has 0 saturated heterocycles. The number of aromatic nitrogens is 3. The summed E-state index contributed by atoms with van der Waals surface area (Å²) in [6, 6.07) is 14.3. The molecule has 100 valence electrons. The van der Waals surface area contributed by atoms with E-state index in [1.807, 2.05) is 24.3 Å². The van der Waals surface area contributed by atoms with Crippen molar-refractivity contribution in [3.63, 3.8) is 0 Å². The molecule has 0 spiro atoms. The third kappa shape index (κ3) is 2.66. The van der Waals surface area contributed by atoms with Crippen LogP contribution in [0.4, 0.5) is 10.1 Å². The third-order valence-corrected chi connectivity index (χ3v) is 3.01. The molecular formula is C15H13FN4. The predicted octanol–water partition coefficient (Wildman–Crippen LogP) is 3.22. The lowest BCUT2D eigenvalue weighted by molar-refractivity contribution is 0.627. The highest BCUT2D eigenvalue weighted by molar-refractivity contribution is 5.74. The van der Waals surface area contributed by atoms with Gasteiger partial charge in [-0.25, -0.2) is 4.39 Å². The van der Waals surface area contributed by atoms with E-state index in [2.05, 4.69) is 20.7 Å². The Balaban J connectivity index is 1.79. The topological polar surface area (TPSA) is 53.6 Å². The highest BCUT2D eigenvalue weighted by Crippen LogP contribution is 2.25. The number of anilines is 1. The molecule has 3 aromatic rings. The monoisotopic (exact) mass is 268 g/mol. The quantitative estimate of drug-likeness (QED) is 0.764. The van der Waals surface area contributed by atoms with Gasteiger partial charge in [0.15, 0.2) is 0 Å². The van der Waals surface area contributed by atoms with Gasteiger partial charge in [0.25, 0.3) is 0 Å². The van der Waals surface area contributed by atoms with Crippen molar-refractivity contribution in [2.45, 2.75) is 6.54 Å². The van der Waals surface area contributed by atoms with Gasteiger partial charge in [0.05, 0.1) is 6.20 Å². The van der Waals surface area contributed by atoms with Gasteiger partial charge in [-0.15, -0.1) is 0 Å². The minimum absolute atomic E-state index is 0.225. The van der Waals surface area contributed by atoms with E-state index in [0.717, 1.165) is 22.5 Å². The van der Waals surface area contributed by atoms with Crippen molar-refractivity contribution < 1.29 is 4.39 Å². The fraction of sp³-hybridized carbons (Fsp3) is 0.0667. The number of para-hydroxylation sites is 1. The van der Waals surface area contributed by atoms with Gasteiger partial charge in [-0.3, -0.25) is 0 Å². The number of hydrogen-bond donors (Lipinski definition) is 2. The van der Waals surface area contributed by atoms with Crippen LogP contribution in [0.1, 0.15) is 5.56 Å². The average molecular weight is 268 g/mol. The number of benzene rings is 2. The minimum Gasteiger partial charge on any atom is -0.380 e. The van der Waals surface area contributed by atoms with E-state index < -0.39 is 0 Å². The van der Waals surface area contributed by atoms with E-state index >= 15 is 0 Å². The van der Waals surface area contributed by atoms with Crippen LogP contribution in [-0.4, -0.2) is 15.4 Å². The molecule has 0 unspecified atom stereocenters. The SMILES string of the molecule is Fc1ccc(CNc2ccccc2-c2cn[nH]n2)cc1. The molecule has 2 N–H and O–H groups in total. The number of rotatable bonds is 4. The number of nitrogens with one attached hydrogen (secondary N) is 2. The van der Waals surface area contributed by atoms with Crippen molar-refractivity contribution in [3.05, 3.63) is 66.1 Å². The van der Waals surface area contributed by atoms with E-state index in [-0.39, 0.29) is 5.82 Å². The van der Waals surface area contributed by atoms with Crippen molar-refractivity contribution in [2.24, 2.45) is 0 Å². The summed E-state index contributed by atoms with van der Waals surface area (Å²) in [5.74, 6) is -0.225. The standard InChI is InChI=1S/C15H13FN4/c16-12-7-5-11(6-8-12)9-17-14-4-2-1-3-13(14)15-10-18-20-19-15/h1-8,10,17H,9H2,(H,18,19,20). The normalized spacial score (nSPS) is 10.4. The second kappa shape index (κ2) is 5.52. The summed E-state index contributed by atoms with van der Waals surface area (Å²) in [6.45, 7) is 0.620. The second-order valence-corrected chi connectivity index (χ2v) is 4.38. The Labute approximate surface area is 115 Å². The molecule has 0 amide bonds. The summed E-state index contributed by atoms with van der Waals surface area (Å²) >= 11 is 0. The summed E-state index contributed by atoms with van der Waals surface area (Å²) < 4.78 is 12.9. The van der Waals surface area contributed by atoms with Crippen molar-refractivity contribution >= 4 is 5.69 Å². The van der Waals surface area contributed by atoms with Crippen molar-refractivity contribution in [1.82, 2.24) is 15.4 Å². The molecular weight excluding hydrogens is 255 g/mol. The summed E-state index contributed by atoms with van der Waals surface area (Å²) in [6.07, 6.45) is 1.68.